The molecule has 7 nitrogen and oxygen atoms in total. The molecule has 0 saturated heterocycles. The zero-order chi connectivity index (χ0) is 16.7. The van der Waals surface area contributed by atoms with Gasteiger partial charge in [-0.25, -0.2) is 4.98 Å². The topological polar surface area (TPSA) is 78.0 Å². The van der Waals surface area contributed by atoms with E-state index in [4.69, 9.17) is 0 Å². The van der Waals surface area contributed by atoms with Crippen LogP contribution >= 0.6 is 11.3 Å². The normalized spacial score (nSPS) is 12.9. The Morgan fingerprint density at radius 3 is 2.92 bits per heavy atom. The van der Waals surface area contributed by atoms with E-state index < -0.39 is 0 Å². The fourth-order valence-electron chi connectivity index (χ4n) is 2.70. The monoisotopic (exact) mass is 340 g/mol. The summed E-state index contributed by atoms with van der Waals surface area (Å²) < 4.78 is 3.40. The van der Waals surface area contributed by atoms with Crippen molar-refractivity contribution in [3.8, 4) is 0 Å². The molecule has 4 aromatic rings. The molecule has 0 amide bonds. The number of hydrogen-bond acceptors (Lipinski definition) is 6. The van der Waals surface area contributed by atoms with Crippen LogP contribution in [0.5, 0.6) is 0 Å². The molecule has 3 aromatic heterocycles. The van der Waals surface area contributed by atoms with Gasteiger partial charge in [0.1, 0.15) is 5.01 Å². The largest absolute Gasteiger partial charge is 0.289 e. The SMILES string of the molecule is CCCc1nnc2sc([C@@H](C)n3cnc4ccccc4c3=O)nn12. The van der Waals surface area contributed by atoms with Crippen molar-refractivity contribution in [2.45, 2.75) is 32.7 Å². The van der Waals surface area contributed by atoms with Gasteiger partial charge in [-0.15, -0.1) is 10.2 Å². The lowest BCUT2D eigenvalue weighted by atomic mass is 10.2. The van der Waals surface area contributed by atoms with Crippen molar-refractivity contribution in [2.75, 3.05) is 0 Å². The second-order valence-electron chi connectivity index (χ2n) is 5.65. The molecule has 0 fully saturated rings. The highest BCUT2D eigenvalue weighted by molar-refractivity contribution is 7.16. The molecule has 0 aliphatic rings. The Morgan fingerprint density at radius 1 is 1.25 bits per heavy atom. The third kappa shape index (κ3) is 2.30. The first-order valence-corrected chi connectivity index (χ1v) is 8.67. The summed E-state index contributed by atoms with van der Waals surface area (Å²) >= 11 is 1.45. The van der Waals surface area contributed by atoms with Crippen LogP contribution < -0.4 is 5.56 Å². The third-order valence-electron chi connectivity index (χ3n) is 4.01. The zero-order valence-corrected chi connectivity index (χ0v) is 14.2. The molecule has 24 heavy (non-hydrogen) atoms. The number of fused-ring (bicyclic) bond motifs is 2. The summed E-state index contributed by atoms with van der Waals surface area (Å²) in [7, 11) is 0. The van der Waals surface area contributed by atoms with Gasteiger partial charge < -0.3 is 0 Å². The average molecular weight is 340 g/mol. The lowest BCUT2D eigenvalue weighted by Gasteiger charge is -2.12. The number of aromatic nitrogens is 6. The molecule has 122 valence electrons. The molecule has 8 heteroatoms. The van der Waals surface area contributed by atoms with Crippen molar-refractivity contribution in [1.82, 2.24) is 29.4 Å². The van der Waals surface area contributed by atoms with Crippen molar-refractivity contribution < 1.29 is 0 Å². The fraction of sp³-hybridized carbons (Fsp3) is 0.312. The molecule has 0 saturated carbocycles. The minimum Gasteiger partial charge on any atom is -0.289 e. The van der Waals surface area contributed by atoms with Gasteiger partial charge in [-0.05, 0) is 25.5 Å². The van der Waals surface area contributed by atoms with E-state index in [2.05, 4.69) is 27.2 Å². The Kier molecular flexibility index (Phi) is 3.61. The summed E-state index contributed by atoms with van der Waals surface area (Å²) in [6.45, 7) is 4.04. The van der Waals surface area contributed by atoms with Crippen LogP contribution in [0, 0.1) is 0 Å². The van der Waals surface area contributed by atoms with E-state index in [0.29, 0.717) is 10.9 Å². The highest BCUT2D eigenvalue weighted by atomic mass is 32.1. The molecule has 0 radical (unpaired) electrons. The van der Waals surface area contributed by atoms with Crippen LogP contribution in [0.25, 0.3) is 15.9 Å². The van der Waals surface area contributed by atoms with Crippen molar-refractivity contribution in [1.29, 1.82) is 0 Å². The highest BCUT2D eigenvalue weighted by Crippen LogP contribution is 2.23. The van der Waals surface area contributed by atoms with E-state index in [1.165, 1.54) is 11.3 Å². The van der Waals surface area contributed by atoms with Gasteiger partial charge in [0, 0.05) is 6.42 Å². The summed E-state index contributed by atoms with van der Waals surface area (Å²) in [6.07, 6.45) is 3.40. The van der Waals surface area contributed by atoms with Crippen LogP contribution in [-0.2, 0) is 6.42 Å². The molecular weight excluding hydrogens is 324 g/mol. The Balaban J connectivity index is 1.80. The minimum atomic E-state index is -0.212. The molecule has 0 spiro atoms. The van der Waals surface area contributed by atoms with E-state index in [1.807, 2.05) is 25.1 Å². The summed E-state index contributed by atoms with van der Waals surface area (Å²) in [5.74, 6) is 0.853. The van der Waals surface area contributed by atoms with Gasteiger partial charge in [-0.3, -0.25) is 9.36 Å². The van der Waals surface area contributed by atoms with Gasteiger partial charge in [0.2, 0.25) is 4.96 Å². The van der Waals surface area contributed by atoms with Gasteiger partial charge in [0.15, 0.2) is 5.82 Å². The van der Waals surface area contributed by atoms with Gasteiger partial charge in [0.05, 0.1) is 23.3 Å². The summed E-state index contributed by atoms with van der Waals surface area (Å²) in [6, 6.07) is 7.15. The Hall–Kier alpha value is -2.61. The van der Waals surface area contributed by atoms with E-state index >= 15 is 0 Å². The van der Waals surface area contributed by atoms with Crippen LogP contribution in [0.4, 0.5) is 0 Å². The van der Waals surface area contributed by atoms with Gasteiger partial charge in [0.25, 0.3) is 5.56 Å². The van der Waals surface area contributed by atoms with Gasteiger partial charge in [-0.1, -0.05) is 30.4 Å². The Bertz CT molecular complexity index is 1080. The van der Waals surface area contributed by atoms with Crippen LogP contribution in [0.3, 0.4) is 0 Å². The minimum absolute atomic E-state index is 0.0622. The van der Waals surface area contributed by atoms with E-state index in [-0.39, 0.29) is 11.6 Å². The molecule has 0 bridgehead atoms. The maximum Gasteiger partial charge on any atom is 0.261 e. The number of aryl methyl sites for hydroxylation is 1. The van der Waals surface area contributed by atoms with Crippen molar-refractivity contribution in [3.63, 3.8) is 0 Å². The quantitative estimate of drug-likeness (QED) is 0.570. The molecule has 0 aliphatic heterocycles. The molecule has 3 heterocycles. The standard InChI is InChI=1S/C16H16N6OS/c1-3-6-13-18-19-16-22(13)20-14(24-16)10(2)21-9-17-12-8-5-4-7-11(12)15(21)23/h4-5,7-10H,3,6H2,1-2H3/t10-/m1/s1. The predicted octanol–water partition coefficient (Wildman–Crippen LogP) is 2.46. The fourth-order valence-corrected chi connectivity index (χ4v) is 3.61. The summed E-state index contributed by atoms with van der Waals surface area (Å²) in [5.41, 5.74) is 0.641. The molecule has 0 N–H and O–H groups in total. The van der Waals surface area contributed by atoms with E-state index in [1.54, 1.807) is 21.5 Å². The molecule has 0 unspecified atom stereocenters. The van der Waals surface area contributed by atoms with Crippen molar-refractivity contribution in [3.05, 3.63) is 51.8 Å². The van der Waals surface area contributed by atoms with Crippen LogP contribution in [0.15, 0.2) is 35.4 Å². The van der Waals surface area contributed by atoms with Crippen LogP contribution in [0.2, 0.25) is 0 Å². The molecule has 4 rings (SSSR count). The number of hydrogen-bond donors (Lipinski definition) is 0. The van der Waals surface area contributed by atoms with Crippen molar-refractivity contribution in [2.24, 2.45) is 0 Å². The van der Waals surface area contributed by atoms with Crippen LogP contribution in [-0.4, -0.2) is 29.4 Å². The second kappa shape index (κ2) is 5.79. The summed E-state index contributed by atoms with van der Waals surface area (Å²) in [4.78, 5) is 17.9. The predicted molar refractivity (Wildman–Crippen MR) is 92.5 cm³/mol. The second-order valence-corrected chi connectivity index (χ2v) is 6.64. The first-order valence-electron chi connectivity index (χ1n) is 7.86. The van der Waals surface area contributed by atoms with Crippen molar-refractivity contribution >= 4 is 27.2 Å². The number of para-hydroxylation sites is 1. The molecular formula is C16H16N6OS. The maximum atomic E-state index is 12.7. The third-order valence-corrected chi connectivity index (χ3v) is 5.08. The Labute approximate surface area is 141 Å². The van der Waals surface area contributed by atoms with E-state index in [0.717, 1.165) is 28.6 Å². The number of nitrogens with zero attached hydrogens (tertiary/aromatic N) is 6. The molecule has 1 atom stereocenters. The van der Waals surface area contributed by atoms with Gasteiger partial charge in [-0.2, -0.15) is 9.61 Å². The summed E-state index contributed by atoms with van der Waals surface area (Å²) in [5, 5.41) is 14.4. The average Bonchev–Trinajstić information content (AvgIpc) is 3.17. The lowest BCUT2D eigenvalue weighted by Crippen LogP contribution is -2.24. The molecule has 0 aliphatic carbocycles. The highest BCUT2D eigenvalue weighted by Gasteiger charge is 2.18. The first kappa shape index (κ1) is 14.9. The number of benzene rings is 1. The smallest absolute Gasteiger partial charge is 0.261 e. The first-order chi connectivity index (χ1) is 11.7. The lowest BCUT2D eigenvalue weighted by molar-refractivity contribution is 0.593. The van der Waals surface area contributed by atoms with Gasteiger partial charge >= 0.3 is 0 Å². The molecule has 1 aromatic carbocycles. The van der Waals surface area contributed by atoms with E-state index in [9.17, 15) is 4.79 Å². The number of rotatable bonds is 4. The Morgan fingerprint density at radius 2 is 2.08 bits per heavy atom. The maximum absolute atomic E-state index is 12.7. The van der Waals surface area contributed by atoms with Crippen LogP contribution in [0.1, 0.15) is 37.1 Å². The zero-order valence-electron chi connectivity index (χ0n) is 13.4.